The summed E-state index contributed by atoms with van der Waals surface area (Å²) in [6, 6.07) is 4.89. The summed E-state index contributed by atoms with van der Waals surface area (Å²) in [5.74, 6) is 0.231. The van der Waals surface area contributed by atoms with Crippen LogP contribution in [0.25, 0.3) is 0 Å². The summed E-state index contributed by atoms with van der Waals surface area (Å²) in [6.45, 7) is 3.35. The molecule has 0 bridgehead atoms. The second-order valence-electron chi connectivity index (χ2n) is 5.31. The van der Waals surface area contributed by atoms with Gasteiger partial charge in [-0.3, -0.25) is 4.79 Å². The number of nitrogens with zero attached hydrogens (tertiary/aromatic N) is 2. The molecule has 0 aromatic heterocycles. The molecule has 136 valence electrons. The molecular formula is C16H26FIN4O2. The fourth-order valence-electron chi connectivity index (χ4n) is 1.74. The number of carbonyl (C=O) groups is 1. The number of guanidine groups is 1. The molecule has 2 N–H and O–H groups in total. The number of amides is 1. The number of ether oxygens (including phenoxy) is 1. The predicted octanol–water partition coefficient (Wildman–Crippen LogP) is 1.52. The fraction of sp³-hybridized carbons (Fsp3) is 0.500. The molecule has 0 atom stereocenters. The Labute approximate surface area is 159 Å². The molecule has 8 heteroatoms. The standard InChI is InChI=1S/C16H25FN4O2.HI/c1-12-9-13(5-6-14(12)17)10-19-16(18-7-8-23-4)20-11-15(22)21(2)3;/h5-6,9H,7-8,10-11H2,1-4H3,(H2,18,19,20);1H. The number of benzene rings is 1. The van der Waals surface area contributed by atoms with Crippen LogP contribution < -0.4 is 10.6 Å². The maximum absolute atomic E-state index is 13.3. The maximum atomic E-state index is 13.3. The van der Waals surface area contributed by atoms with Crippen molar-refractivity contribution >= 4 is 35.8 Å². The van der Waals surface area contributed by atoms with Crippen molar-refractivity contribution in [3.05, 3.63) is 35.1 Å². The molecular weight excluding hydrogens is 426 g/mol. The average molecular weight is 452 g/mol. The molecule has 0 radical (unpaired) electrons. The van der Waals surface area contributed by atoms with Crippen LogP contribution in [0.4, 0.5) is 4.39 Å². The number of likely N-dealkylation sites (N-methyl/N-ethyl adjacent to an activating group) is 1. The zero-order valence-electron chi connectivity index (χ0n) is 14.6. The number of carbonyl (C=O) groups excluding carboxylic acids is 1. The first-order valence-corrected chi connectivity index (χ1v) is 7.40. The largest absolute Gasteiger partial charge is 0.383 e. The predicted molar refractivity (Wildman–Crippen MR) is 104 cm³/mol. The van der Waals surface area contributed by atoms with Gasteiger partial charge in [0.1, 0.15) is 5.82 Å². The highest BCUT2D eigenvalue weighted by atomic mass is 127. The first-order chi connectivity index (χ1) is 10.9. The van der Waals surface area contributed by atoms with Crippen molar-refractivity contribution in [1.82, 2.24) is 15.5 Å². The first kappa shape index (κ1) is 22.6. The summed E-state index contributed by atoms with van der Waals surface area (Å²) in [5.41, 5.74) is 1.48. The Morgan fingerprint density at radius 1 is 1.33 bits per heavy atom. The smallest absolute Gasteiger partial charge is 0.241 e. The summed E-state index contributed by atoms with van der Waals surface area (Å²) in [5, 5.41) is 6.05. The lowest BCUT2D eigenvalue weighted by molar-refractivity contribution is -0.127. The molecule has 0 aliphatic rings. The molecule has 6 nitrogen and oxygen atoms in total. The Bertz CT molecular complexity index is 553. The van der Waals surface area contributed by atoms with Crippen molar-refractivity contribution in [2.75, 3.05) is 40.9 Å². The van der Waals surface area contributed by atoms with Gasteiger partial charge in [-0.2, -0.15) is 0 Å². The van der Waals surface area contributed by atoms with Gasteiger partial charge in [-0.05, 0) is 24.1 Å². The molecule has 1 amide bonds. The van der Waals surface area contributed by atoms with E-state index in [1.807, 2.05) is 0 Å². The van der Waals surface area contributed by atoms with Crippen LogP contribution in [0, 0.1) is 12.7 Å². The molecule has 0 saturated heterocycles. The van der Waals surface area contributed by atoms with Gasteiger partial charge in [0.2, 0.25) is 5.91 Å². The van der Waals surface area contributed by atoms with Gasteiger partial charge in [0, 0.05) is 27.7 Å². The summed E-state index contributed by atoms with van der Waals surface area (Å²) in [4.78, 5) is 17.6. The molecule has 0 aliphatic heterocycles. The van der Waals surface area contributed by atoms with E-state index in [1.54, 1.807) is 40.3 Å². The normalized spacial score (nSPS) is 10.8. The minimum Gasteiger partial charge on any atom is -0.383 e. The third-order valence-corrected chi connectivity index (χ3v) is 3.15. The van der Waals surface area contributed by atoms with Gasteiger partial charge >= 0.3 is 0 Å². The Morgan fingerprint density at radius 2 is 2.04 bits per heavy atom. The quantitative estimate of drug-likeness (QED) is 0.285. The van der Waals surface area contributed by atoms with Crippen LogP contribution in [0.3, 0.4) is 0 Å². The summed E-state index contributed by atoms with van der Waals surface area (Å²) >= 11 is 0. The van der Waals surface area contributed by atoms with Crippen LogP contribution in [0.15, 0.2) is 23.2 Å². The minimum atomic E-state index is -0.231. The summed E-state index contributed by atoms with van der Waals surface area (Å²) in [6.07, 6.45) is 0. The number of hydrogen-bond donors (Lipinski definition) is 2. The molecule has 0 spiro atoms. The molecule has 1 rings (SSSR count). The van der Waals surface area contributed by atoms with Crippen LogP contribution >= 0.6 is 24.0 Å². The Balaban J connectivity index is 0.00000529. The van der Waals surface area contributed by atoms with Gasteiger partial charge < -0.3 is 20.3 Å². The molecule has 1 aromatic rings. The highest BCUT2D eigenvalue weighted by Crippen LogP contribution is 2.09. The van der Waals surface area contributed by atoms with E-state index in [4.69, 9.17) is 4.74 Å². The van der Waals surface area contributed by atoms with E-state index in [0.29, 0.717) is 31.2 Å². The van der Waals surface area contributed by atoms with Crippen LogP contribution in [-0.4, -0.2) is 57.7 Å². The van der Waals surface area contributed by atoms with Crippen molar-refractivity contribution in [2.24, 2.45) is 4.99 Å². The Hall–Kier alpha value is -1.42. The number of hydrogen-bond acceptors (Lipinski definition) is 3. The van der Waals surface area contributed by atoms with E-state index >= 15 is 0 Å². The number of nitrogens with one attached hydrogen (secondary N) is 2. The van der Waals surface area contributed by atoms with Gasteiger partial charge in [-0.1, -0.05) is 12.1 Å². The van der Waals surface area contributed by atoms with Gasteiger partial charge in [0.15, 0.2) is 5.96 Å². The lowest BCUT2D eigenvalue weighted by atomic mass is 10.1. The molecule has 0 aliphatic carbocycles. The van der Waals surface area contributed by atoms with Crippen LogP contribution in [0.5, 0.6) is 0 Å². The van der Waals surface area contributed by atoms with Crippen molar-refractivity contribution in [3.63, 3.8) is 0 Å². The second kappa shape index (κ2) is 12.0. The molecule has 0 unspecified atom stereocenters. The second-order valence-corrected chi connectivity index (χ2v) is 5.31. The highest BCUT2D eigenvalue weighted by molar-refractivity contribution is 14.0. The zero-order valence-corrected chi connectivity index (χ0v) is 16.9. The fourth-order valence-corrected chi connectivity index (χ4v) is 1.74. The lowest BCUT2D eigenvalue weighted by Crippen LogP contribution is -2.43. The van der Waals surface area contributed by atoms with Crippen molar-refractivity contribution < 1.29 is 13.9 Å². The number of halogens is 2. The van der Waals surface area contributed by atoms with Gasteiger partial charge in [0.05, 0.1) is 19.7 Å². The first-order valence-electron chi connectivity index (χ1n) is 7.40. The molecule has 0 heterocycles. The van der Waals surface area contributed by atoms with E-state index in [9.17, 15) is 9.18 Å². The van der Waals surface area contributed by atoms with E-state index in [2.05, 4.69) is 15.6 Å². The lowest BCUT2D eigenvalue weighted by Gasteiger charge is -2.15. The maximum Gasteiger partial charge on any atom is 0.241 e. The zero-order chi connectivity index (χ0) is 17.2. The molecule has 0 saturated carbocycles. The topological polar surface area (TPSA) is 66.0 Å². The number of aryl methyl sites for hydroxylation is 1. The van der Waals surface area contributed by atoms with Crippen molar-refractivity contribution in [3.8, 4) is 0 Å². The van der Waals surface area contributed by atoms with Gasteiger partial charge in [-0.15, -0.1) is 24.0 Å². The molecule has 24 heavy (non-hydrogen) atoms. The molecule has 1 aromatic carbocycles. The Kier molecular flexibility index (Phi) is 11.3. The number of methoxy groups -OCH3 is 1. The number of rotatable bonds is 7. The minimum absolute atomic E-state index is 0. The SMILES string of the molecule is COCCNC(=NCc1ccc(F)c(C)c1)NCC(=O)N(C)C.I. The van der Waals surface area contributed by atoms with E-state index < -0.39 is 0 Å². The van der Waals surface area contributed by atoms with Crippen LogP contribution in [0.2, 0.25) is 0 Å². The highest BCUT2D eigenvalue weighted by Gasteiger charge is 2.06. The van der Waals surface area contributed by atoms with E-state index in [1.165, 1.54) is 11.0 Å². The Morgan fingerprint density at radius 3 is 2.62 bits per heavy atom. The van der Waals surface area contributed by atoms with Crippen LogP contribution in [-0.2, 0) is 16.1 Å². The molecule has 0 fully saturated rings. The summed E-state index contributed by atoms with van der Waals surface area (Å²) in [7, 11) is 5.00. The van der Waals surface area contributed by atoms with E-state index in [0.717, 1.165) is 5.56 Å². The third-order valence-electron chi connectivity index (χ3n) is 3.15. The third kappa shape index (κ3) is 8.44. The van der Waals surface area contributed by atoms with Crippen LogP contribution in [0.1, 0.15) is 11.1 Å². The average Bonchev–Trinajstić information content (AvgIpc) is 2.52. The summed E-state index contributed by atoms with van der Waals surface area (Å²) < 4.78 is 18.3. The number of aliphatic imine (C=N–C) groups is 1. The van der Waals surface area contributed by atoms with Gasteiger partial charge in [0.25, 0.3) is 0 Å². The van der Waals surface area contributed by atoms with Crippen molar-refractivity contribution in [2.45, 2.75) is 13.5 Å². The van der Waals surface area contributed by atoms with Crippen molar-refractivity contribution in [1.29, 1.82) is 0 Å². The van der Waals surface area contributed by atoms with Gasteiger partial charge in [-0.25, -0.2) is 9.38 Å². The monoisotopic (exact) mass is 452 g/mol. The van der Waals surface area contributed by atoms with E-state index in [-0.39, 0.29) is 42.2 Å².